The molecule has 22 heavy (non-hydrogen) atoms. The van der Waals surface area contributed by atoms with Crippen molar-refractivity contribution in [3.8, 4) is 0 Å². The van der Waals surface area contributed by atoms with Gasteiger partial charge in [-0.25, -0.2) is 4.79 Å². The van der Waals surface area contributed by atoms with Crippen molar-refractivity contribution in [1.29, 1.82) is 0 Å². The largest absolute Gasteiger partial charge is 0.444 e. The Labute approximate surface area is 134 Å². The number of nitrogens with one attached hydrogen (secondary N) is 1. The molecule has 0 aromatic rings. The molecule has 2 heterocycles. The third kappa shape index (κ3) is 5.74. The molecular formula is C16H32N4O2. The van der Waals surface area contributed by atoms with Crippen molar-refractivity contribution < 1.29 is 9.53 Å². The molecule has 0 saturated carbocycles. The van der Waals surface area contributed by atoms with Gasteiger partial charge in [-0.15, -0.1) is 0 Å². The lowest BCUT2D eigenvalue weighted by atomic mass is 10.1. The van der Waals surface area contributed by atoms with Gasteiger partial charge in [0.15, 0.2) is 0 Å². The number of nitrogens with zero attached hydrogens (tertiary/aromatic N) is 3. The molecular weight excluding hydrogens is 280 g/mol. The number of likely N-dealkylation sites (N-methyl/N-ethyl adjacent to an activating group) is 1. The summed E-state index contributed by atoms with van der Waals surface area (Å²) in [6.07, 6.45) is 0.982. The maximum absolute atomic E-state index is 11.8. The Kier molecular flexibility index (Phi) is 6.06. The van der Waals surface area contributed by atoms with Crippen LogP contribution in [0, 0.1) is 0 Å². The van der Waals surface area contributed by atoms with Crippen molar-refractivity contribution in [2.24, 2.45) is 0 Å². The summed E-state index contributed by atoms with van der Waals surface area (Å²) in [5.41, 5.74) is -0.405. The summed E-state index contributed by atoms with van der Waals surface area (Å²) < 4.78 is 5.35. The Morgan fingerprint density at radius 1 is 1.18 bits per heavy atom. The normalized spacial score (nSPS) is 21.7. The maximum atomic E-state index is 11.8. The SMILES string of the molecule is CN1CCN(CCCNC2CN(C(=O)OC(C)(C)C)C2)CC1. The van der Waals surface area contributed by atoms with Gasteiger partial charge >= 0.3 is 6.09 Å². The lowest BCUT2D eigenvalue weighted by molar-refractivity contribution is 0.00528. The Bertz CT molecular complexity index is 356. The number of amides is 1. The highest BCUT2D eigenvalue weighted by Crippen LogP contribution is 2.15. The molecule has 0 aliphatic carbocycles. The number of carbonyl (C=O) groups excluding carboxylic acids is 1. The summed E-state index contributed by atoms with van der Waals surface area (Å²) in [4.78, 5) is 18.5. The van der Waals surface area contributed by atoms with Crippen LogP contribution in [0.5, 0.6) is 0 Å². The Hall–Kier alpha value is -0.850. The van der Waals surface area contributed by atoms with Gasteiger partial charge in [-0.05, 0) is 47.3 Å². The minimum Gasteiger partial charge on any atom is -0.444 e. The fraction of sp³-hybridized carbons (Fsp3) is 0.938. The first-order valence-electron chi connectivity index (χ1n) is 8.46. The molecule has 6 heteroatoms. The van der Waals surface area contributed by atoms with Gasteiger partial charge in [0.1, 0.15) is 5.60 Å². The number of piperazine rings is 1. The number of hydrogen-bond donors (Lipinski definition) is 1. The zero-order valence-electron chi connectivity index (χ0n) is 14.6. The predicted molar refractivity (Wildman–Crippen MR) is 88.2 cm³/mol. The number of rotatable bonds is 5. The molecule has 0 spiro atoms. The smallest absolute Gasteiger partial charge is 0.410 e. The predicted octanol–water partition coefficient (Wildman–Crippen LogP) is 0.833. The monoisotopic (exact) mass is 312 g/mol. The highest BCUT2D eigenvalue weighted by atomic mass is 16.6. The van der Waals surface area contributed by atoms with E-state index in [2.05, 4.69) is 22.2 Å². The van der Waals surface area contributed by atoms with E-state index in [1.54, 1.807) is 4.90 Å². The highest BCUT2D eigenvalue weighted by Gasteiger charge is 2.33. The van der Waals surface area contributed by atoms with Crippen LogP contribution < -0.4 is 5.32 Å². The van der Waals surface area contributed by atoms with Crippen LogP contribution in [0.15, 0.2) is 0 Å². The number of ether oxygens (including phenoxy) is 1. The first-order valence-corrected chi connectivity index (χ1v) is 8.46. The number of hydrogen-bond acceptors (Lipinski definition) is 5. The van der Waals surface area contributed by atoms with E-state index in [0.717, 1.165) is 19.6 Å². The van der Waals surface area contributed by atoms with E-state index in [9.17, 15) is 4.79 Å². The summed E-state index contributed by atoms with van der Waals surface area (Å²) in [7, 11) is 2.19. The molecule has 1 amide bonds. The van der Waals surface area contributed by atoms with Gasteiger partial charge < -0.3 is 24.8 Å². The molecule has 2 fully saturated rings. The van der Waals surface area contributed by atoms with Gasteiger partial charge in [0.05, 0.1) is 0 Å². The van der Waals surface area contributed by atoms with Crippen LogP contribution in [0.4, 0.5) is 4.79 Å². The summed E-state index contributed by atoms with van der Waals surface area (Å²) in [5.74, 6) is 0. The van der Waals surface area contributed by atoms with Gasteiger partial charge in [-0.2, -0.15) is 0 Å². The van der Waals surface area contributed by atoms with Crippen LogP contribution in [0.3, 0.4) is 0 Å². The van der Waals surface area contributed by atoms with E-state index in [1.165, 1.54) is 39.1 Å². The van der Waals surface area contributed by atoms with Crippen molar-refractivity contribution in [3.05, 3.63) is 0 Å². The second-order valence-electron chi connectivity index (χ2n) is 7.53. The highest BCUT2D eigenvalue weighted by molar-refractivity contribution is 5.69. The Balaban J connectivity index is 1.49. The zero-order chi connectivity index (χ0) is 16.2. The molecule has 0 unspecified atom stereocenters. The quantitative estimate of drug-likeness (QED) is 0.762. The lowest BCUT2D eigenvalue weighted by Crippen LogP contribution is -2.60. The first kappa shape index (κ1) is 17.5. The summed E-state index contributed by atoms with van der Waals surface area (Å²) in [6, 6.07) is 0.431. The van der Waals surface area contributed by atoms with Gasteiger partial charge in [-0.3, -0.25) is 0 Å². The lowest BCUT2D eigenvalue weighted by Gasteiger charge is -2.40. The molecule has 0 radical (unpaired) electrons. The van der Waals surface area contributed by atoms with E-state index >= 15 is 0 Å². The minimum absolute atomic E-state index is 0.192. The summed E-state index contributed by atoms with van der Waals surface area (Å²) >= 11 is 0. The molecule has 1 N–H and O–H groups in total. The Morgan fingerprint density at radius 3 is 2.41 bits per heavy atom. The molecule has 2 saturated heterocycles. The Morgan fingerprint density at radius 2 is 1.82 bits per heavy atom. The van der Waals surface area contributed by atoms with Crippen molar-refractivity contribution >= 4 is 6.09 Å². The third-order valence-corrected chi connectivity index (χ3v) is 4.21. The van der Waals surface area contributed by atoms with Crippen LogP contribution in [0.1, 0.15) is 27.2 Å². The van der Waals surface area contributed by atoms with Gasteiger partial charge in [0.2, 0.25) is 0 Å². The molecule has 2 aliphatic rings. The maximum Gasteiger partial charge on any atom is 0.410 e. The third-order valence-electron chi connectivity index (χ3n) is 4.21. The second kappa shape index (κ2) is 7.62. The van der Waals surface area contributed by atoms with E-state index in [-0.39, 0.29) is 6.09 Å². The van der Waals surface area contributed by atoms with E-state index < -0.39 is 5.60 Å². The van der Waals surface area contributed by atoms with Crippen molar-refractivity contribution in [1.82, 2.24) is 20.0 Å². The van der Waals surface area contributed by atoms with E-state index in [0.29, 0.717) is 6.04 Å². The fourth-order valence-electron chi connectivity index (χ4n) is 2.76. The average Bonchev–Trinajstić information content (AvgIpc) is 2.36. The van der Waals surface area contributed by atoms with Crippen LogP contribution in [-0.4, -0.2) is 91.8 Å². The van der Waals surface area contributed by atoms with Crippen LogP contribution in [0.2, 0.25) is 0 Å². The zero-order valence-corrected chi connectivity index (χ0v) is 14.6. The summed E-state index contributed by atoms with van der Waals surface area (Å²) in [5, 5.41) is 3.53. The second-order valence-corrected chi connectivity index (χ2v) is 7.53. The van der Waals surface area contributed by atoms with Crippen molar-refractivity contribution in [3.63, 3.8) is 0 Å². The molecule has 0 bridgehead atoms. The van der Waals surface area contributed by atoms with E-state index in [1.807, 2.05) is 20.8 Å². The van der Waals surface area contributed by atoms with Crippen LogP contribution in [-0.2, 0) is 4.74 Å². The molecule has 2 aliphatic heterocycles. The topological polar surface area (TPSA) is 48.0 Å². The molecule has 128 valence electrons. The molecule has 0 aromatic heterocycles. The molecule has 0 aromatic carbocycles. The molecule has 2 rings (SSSR count). The van der Waals surface area contributed by atoms with Crippen molar-refractivity contribution in [2.75, 3.05) is 59.4 Å². The van der Waals surface area contributed by atoms with Gasteiger partial charge in [-0.1, -0.05) is 0 Å². The number of likely N-dealkylation sites (tertiary alicyclic amines) is 1. The minimum atomic E-state index is -0.405. The van der Waals surface area contributed by atoms with Crippen molar-refractivity contribution in [2.45, 2.75) is 38.8 Å². The van der Waals surface area contributed by atoms with Gasteiger partial charge in [0, 0.05) is 45.3 Å². The van der Waals surface area contributed by atoms with Crippen LogP contribution in [0.25, 0.3) is 0 Å². The van der Waals surface area contributed by atoms with E-state index in [4.69, 9.17) is 4.74 Å². The summed E-state index contributed by atoms with van der Waals surface area (Å²) in [6.45, 7) is 14.2. The first-order chi connectivity index (χ1) is 10.3. The standard InChI is InChI=1S/C16H32N4O2/c1-16(2,3)22-15(21)20-12-14(13-20)17-6-5-7-19-10-8-18(4)9-11-19/h14,17H,5-13H2,1-4H3. The molecule has 6 nitrogen and oxygen atoms in total. The fourth-order valence-corrected chi connectivity index (χ4v) is 2.76. The number of carbonyl (C=O) groups is 1. The average molecular weight is 312 g/mol. The van der Waals surface area contributed by atoms with Crippen LogP contribution >= 0.6 is 0 Å². The molecule has 0 atom stereocenters. The van der Waals surface area contributed by atoms with Gasteiger partial charge in [0.25, 0.3) is 0 Å².